The van der Waals surface area contributed by atoms with Gasteiger partial charge in [0.25, 0.3) is 0 Å². The van der Waals surface area contributed by atoms with E-state index in [9.17, 15) is 5.11 Å². The lowest BCUT2D eigenvalue weighted by Gasteiger charge is -2.37. The topological polar surface area (TPSA) is 38.7 Å². The van der Waals surface area contributed by atoms with Crippen molar-refractivity contribution in [3.05, 3.63) is 29.3 Å². The Hall–Kier alpha value is -1.06. The zero-order valence-corrected chi connectivity index (χ0v) is 9.82. The quantitative estimate of drug-likeness (QED) is 0.845. The van der Waals surface area contributed by atoms with Gasteiger partial charge in [0.15, 0.2) is 0 Å². The van der Waals surface area contributed by atoms with Crippen LogP contribution in [-0.2, 0) is 16.8 Å². The van der Waals surface area contributed by atoms with Crippen LogP contribution in [0.2, 0.25) is 0 Å². The summed E-state index contributed by atoms with van der Waals surface area (Å²) in [6, 6.07) is 5.88. The molecule has 0 radical (unpaired) electrons. The molecule has 1 aromatic rings. The smallest absolute Gasteiger partial charge is 0.136 e. The molecule has 1 saturated heterocycles. The summed E-state index contributed by atoms with van der Waals surface area (Å²) in [5.74, 6) is 0.914. The van der Waals surface area contributed by atoms with Gasteiger partial charge in [-0.1, -0.05) is 13.0 Å². The standard InChI is InChI=1S/C13H18O3/c1-3-10-7-11(13(14)8-15-9-13)5-6-12(10)16-4-2/h5-7,14H,3-4,8-9H2,1-2H3. The van der Waals surface area contributed by atoms with Crippen molar-refractivity contribution < 1.29 is 14.6 Å². The molecule has 1 N–H and O–H groups in total. The fourth-order valence-electron chi connectivity index (χ4n) is 1.90. The van der Waals surface area contributed by atoms with Gasteiger partial charge in [0.05, 0.1) is 19.8 Å². The maximum Gasteiger partial charge on any atom is 0.136 e. The van der Waals surface area contributed by atoms with E-state index >= 15 is 0 Å². The summed E-state index contributed by atoms with van der Waals surface area (Å²) in [4.78, 5) is 0. The molecule has 0 spiro atoms. The minimum absolute atomic E-state index is 0.393. The number of aryl methyl sites for hydroxylation is 1. The van der Waals surface area contributed by atoms with Crippen LogP contribution in [-0.4, -0.2) is 24.9 Å². The number of benzene rings is 1. The molecular weight excluding hydrogens is 204 g/mol. The van der Waals surface area contributed by atoms with Crippen molar-refractivity contribution in [3.63, 3.8) is 0 Å². The van der Waals surface area contributed by atoms with Crippen molar-refractivity contribution in [3.8, 4) is 5.75 Å². The van der Waals surface area contributed by atoms with Crippen LogP contribution in [0.4, 0.5) is 0 Å². The van der Waals surface area contributed by atoms with Crippen molar-refractivity contribution >= 4 is 0 Å². The van der Waals surface area contributed by atoms with E-state index in [1.807, 2.05) is 25.1 Å². The first-order chi connectivity index (χ1) is 7.69. The maximum absolute atomic E-state index is 10.2. The Balaban J connectivity index is 2.29. The first-order valence-corrected chi connectivity index (χ1v) is 5.76. The molecule has 1 aliphatic heterocycles. The first kappa shape index (κ1) is 11.4. The Morgan fingerprint density at radius 3 is 2.62 bits per heavy atom. The summed E-state index contributed by atoms with van der Waals surface area (Å²) >= 11 is 0. The van der Waals surface area contributed by atoms with Crippen LogP contribution in [0.3, 0.4) is 0 Å². The van der Waals surface area contributed by atoms with E-state index in [1.165, 1.54) is 0 Å². The number of hydrogen-bond donors (Lipinski definition) is 1. The summed E-state index contributed by atoms with van der Waals surface area (Å²) in [6.45, 7) is 5.51. The molecule has 1 aliphatic rings. The molecular formula is C13H18O3. The molecule has 0 aromatic heterocycles. The SMILES string of the molecule is CCOc1ccc(C2(O)COC2)cc1CC. The molecule has 0 aliphatic carbocycles. The summed E-state index contributed by atoms with van der Waals surface area (Å²) in [7, 11) is 0. The molecule has 3 heteroatoms. The zero-order valence-electron chi connectivity index (χ0n) is 9.82. The van der Waals surface area contributed by atoms with Crippen molar-refractivity contribution in [1.82, 2.24) is 0 Å². The molecule has 1 fully saturated rings. The van der Waals surface area contributed by atoms with Gasteiger partial charge in [0.1, 0.15) is 11.4 Å². The second-order valence-electron chi connectivity index (χ2n) is 4.13. The molecule has 1 heterocycles. The second-order valence-corrected chi connectivity index (χ2v) is 4.13. The first-order valence-electron chi connectivity index (χ1n) is 5.76. The van der Waals surface area contributed by atoms with Crippen molar-refractivity contribution in [2.24, 2.45) is 0 Å². The molecule has 1 aromatic carbocycles. The fourth-order valence-corrected chi connectivity index (χ4v) is 1.90. The van der Waals surface area contributed by atoms with Crippen molar-refractivity contribution in [2.75, 3.05) is 19.8 Å². The largest absolute Gasteiger partial charge is 0.494 e. The lowest BCUT2D eigenvalue weighted by Crippen LogP contribution is -2.46. The molecule has 0 bridgehead atoms. The molecule has 3 nitrogen and oxygen atoms in total. The van der Waals surface area contributed by atoms with Gasteiger partial charge in [0, 0.05) is 0 Å². The Bertz CT molecular complexity index is 369. The highest BCUT2D eigenvalue weighted by Crippen LogP contribution is 2.32. The molecule has 0 unspecified atom stereocenters. The van der Waals surface area contributed by atoms with E-state index in [-0.39, 0.29) is 0 Å². The Labute approximate surface area is 96.0 Å². The van der Waals surface area contributed by atoms with Gasteiger partial charge in [-0.15, -0.1) is 0 Å². The van der Waals surface area contributed by atoms with E-state index in [1.54, 1.807) is 0 Å². The normalized spacial score (nSPS) is 17.9. The van der Waals surface area contributed by atoms with Crippen LogP contribution in [0.15, 0.2) is 18.2 Å². The molecule has 0 atom stereocenters. The van der Waals surface area contributed by atoms with Gasteiger partial charge in [-0.25, -0.2) is 0 Å². The average Bonchev–Trinajstić information content (AvgIpc) is 2.27. The lowest BCUT2D eigenvalue weighted by atomic mass is 9.90. The van der Waals surface area contributed by atoms with E-state index in [2.05, 4.69) is 6.92 Å². The second kappa shape index (κ2) is 4.44. The minimum Gasteiger partial charge on any atom is -0.494 e. The monoisotopic (exact) mass is 222 g/mol. The van der Waals surface area contributed by atoms with Crippen LogP contribution in [0.25, 0.3) is 0 Å². The van der Waals surface area contributed by atoms with Gasteiger partial charge in [-0.2, -0.15) is 0 Å². The third-order valence-electron chi connectivity index (χ3n) is 2.96. The van der Waals surface area contributed by atoms with Gasteiger partial charge in [-0.05, 0) is 36.6 Å². The van der Waals surface area contributed by atoms with Crippen molar-refractivity contribution in [1.29, 1.82) is 0 Å². The van der Waals surface area contributed by atoms with E-state index in [0.717, 1.165) is 23.3 Å². The predicted octanol–water partition coefficient (Wildman–Crippen LogP) is 1.87. The molecule has 2 rings (SSSR count). The Morgan fingerprint density at radius 2 is 2.12 bits per heavy atom. The van der Waals surface area contributed by atoms with Gasteiger partial charge >= 0.3 is 0 Å². The number of aliphatic hydroxyl groups is 1. The minimum atomic E-state index is -0.783. The Morgan fingerprint density at radius 1 is 1.38 bits per heavy atom. The Kier molecular flexibility index (Phi) is 3.17. The molecule has 88 valence electrons. The zero-order chi connectivity index (χ0) is 11.6. The highest BCUT2D eigenvalue weighted by Gasteiger charge is 2.38. The van der Waals surface area contributed by atoms with Crippen LogP contribution in [0.5, 0.6) is 5.75 Å². The van der Waals surface area contributed by atoms with E-state index in [4.69, 9.17) is 9.47 Å². The molecule has 0 amide bonds. The van der Waals surface area contributed by atoms with Gasteiger partial charge < -0.3 is 14.6 Å². The van der Waals surface area contributed by atoms with Crippen LogP contribution in [0.1, 0.15) is 25.0 Å². The van der Waals surface area contributed by atoms with Crippen LogP contribution in [0, 0.1) is 0 Å². The van der Waals surface area contributed by atoms with Crippen LogP contribution < -0.4 is 4.74 Å². The molecule has 0 saturated carbocycles. The summed E-state index contributed by atoms with van der Waals surface area (Å²) < 4.78 is 10.6. The number of hydrogen-bond acceptors (Lipinski definition) is 3. The predicted molar refractivity (Wildman–Crippen MR) is 61.7 cm³/mol. The number of ether oxygens (including phenoxy) is 2. The average molecular weight is 222 g/mol. The number of rotatable bonds is 4. The highest BCUT2D eigenvalue weighted by atomic mass is 16.5. The highest BCUT2D eigenvalue weighted by molar-refractivity contribution is 5.40. The van der Waals surface area contributed by atoms with Crippen LogP contribution >= 0.6 is 0 Å². The third kappa shape index (κ3) is 1.93. The lowest BCUT2D eigenvalue weighted by molar-refractivity contribution is -0.184. The third-order valence-corrected chi connectivity index (χ3v) is 2.96. The summed E-state index contributed by atoms with van der Waals surface area (Å²) in [6.07, 6.45) is 0.903. The van der Waals surface area contributed by atoms with Crippen molar-refractivity contribution in [2.45, 2.75) is 25.9 Å². The summed E-state index contributed by atoms with van der Waals surface area (Å²) in [5.41, 5.74) is 1.29. The maximum atomic E-state index is 10.2. The molecule has 16 heavy (non-hydrogen) atoms. The van der Waals surface area contributed by atoms with E-state index in [0.29, 0.717) is 19.8 Å². The van der Waals surface area contributed by atoms with E-state index < -0.39 is 5.60 Å². The summed E-state index contributed by atoms with van der Waals surface area (Å²) in [5, 5.41) is 10.2. The van der Waals surface area contributed by atoms with Gasteiger partial charge in [0.2, 0.25) is 0 Å². The fraction of sp³-hybridized carbons (Fsp3) is 0.538. The van der Waals surface area contributed by atoms with Gasteiger partial charge in [-0.3, -0.25) is 0 Å².